The van der Waals surface area contributed by atoms with Crippen molar-refractivity contribution in [3.8, 4) is 16.9 Å². The van der Waals surface area contributed by atoms with E-state index in [1.165, 1.54) is 0 Å². The molecule has 0 aliphatic rings. The lowest BCUT2D eigenvalue weighted by Crippen LogP contribution is -2.20. The molecular weight excluding hydrogens is 437 g/mol. The Hall–Kier alpha value is -2.01. The molecule has 0 heterocycles. The van der Waals surface area contributed by atoms with E-state index in [4.69, 9.17) is 27.9 Å². The minimum absolute atomic E-state index is 0.137. The molecule has 0 radical (unpaired) electrons. The largest absolute Gasteiger partial charge is 0.483 e. The number of benzene rings is 3. The van der Waals surface area contributed by atoms with Gasteiger partial charge in [-0.05, 0) is 57.4 Å². The summed E-state index contributed by atoms with van der Waals surface area (Å²) in [6.45, 7) is -0.137. The average molecular weight is 451 g/mol. The van der Waals surface area contributed by atoms with Crippen molar-refractivity contribution in [3.05, 3.63) is 81.2 Å². The molecule has 0 spiro atoms. The quantitative estimate of drug-likeness (QED) is 0.485. The predicted molar refractivity (Wildman–Crippen MR) is 110 cm³/mol. The van der Waals surface area contributed by atoms with Crippen LogP contribution in [0, 0.1) is 0 Å². The number of nitrogens with one attached hydrogen (secondary N) is 1. The maximum Gasteiger partial charge on any atom is 0.262 e. The third-order valence-electron chi connectivity index (χ3n) is 3.60. The summed E-state index contributed by atoms with van der Waals surface area (Å²) < 4.78 is 6.37. The van der Waals surface area contributed by atoms with Crippen molar-refractivity contribution < 1.29 is 9.53 Å². The van der Waals surface area contributed by atoms with Crippen molar-refractivity contribution in [2.75, 3.05) is 11.9 Å². The molecule has 1 N–H and O–H groups in total. The van der Waals surface area contributed by atoms with Crippen LogP contribution >= 0.6 is 39.1 Å². The zero-order chi connectivity index (χ0) is 18.5. The first-order chi connectivity index (χ1) is 12.5. The van der Waals surface area contributed by atoms with E-state index < -0.39 is 0 Å². The second kappa shape index (κ2) is 8.58. The molecule has 3 aromatic rings. The van der Waals surface area contributed by atoms with Crippen molar-refractivity contribution in [3.63, 3.8) is 0 Å². The van der Waals surface area contributed by atoms with Crippen LogP contribution in [0.15, 0.2) is 71.2 Å². The van der Waals surface area contributed by atoms with Crippen molar-refractivity contribution >= 4 is 50.7 Å². The van der Waals surface area contributed by atoms with E-state index >= 15 is 0 Å². The zero-order valence-electron chi connectivity index (χ0n) is 13.5. The SMILES string of the molecule is O=C(COc1ccc(-c2ccccc2)cc1Br)Nc1ccc(Cl)cc1Cl. The lowest BCUT2D eigenvalue weighted by molar-refractivity contribution is -0.118. The number of rotatable bonds is 5. The second-order valence-corrected chi connectivity index (χ2v) is 7.17. The van der Waals surface area contributed by atoms with Crippen molar-refractivity contribution in [2.45, 2.75) is 0 Å². The molecule has 0 aromatic heterocycles. The molecule has 0 unspecified atom stereocenters. The molecule has 26 heavy (non-hydrogen) atoms. The van der Waals surface area contributed by atoms with Crippen molar-refractivity contribution in [1.29, 1.82) is 0 Å². The van der Waals surface area contributed by atoms with E-state index in [0.717, 1.165) is 15.6 Å². The Morgan fingerprint density at radius 1 is 0.962 bits per heavy atom. The first-order valence-corrected chi connectivity index (χ1v) is 9.30. The Bertz CT molecular complexity index is 932. The molecule has 1 amide bonds. The lowest BCUT2D eigenvalue weighted by atomic mass is 10.1. The van der Waals surface area contributed by atoms with Crippen LogP contribution in [0.5, 0.6) is 5.75 Å². The smallest absolute Gasteiger partial charge is 0.262 e. The van der Waals surface area contributed by atoms with E-state index in [0.29, 0.717) is 21.5 Å². The fourth-order valence-corrected chi connectivity index (χ4v) is 3.30. The topological polar surface area (TPSA) is 38.3 Å². The normalized spacial score (nSPS) is 10.4. The molecule has 0 bridgehead atoms. The number of carbonyl (C=O) groups is 1. The van der Waals surface area contributed by atoms with Gasteiger partial charge in [-0.3, -0.25) is 4.79 Å². The number of ether oxygens (including phenoxy) is 1. The number of halogens is 3. The van der Waals surface area contributed by atoms with Gasteiger partial charge in [-0.2, -0.15) is 0 Å². The van der Waals surface area contributed by atoms with Gasteiger partial charge in [0.15, 0.2) is 6.61 Å². The Morgan fingerprint density at radius 3 is 2.42 bits per heavy atom. The monoisotopic (exact) mass is 449 g/mol. The Labute approximate surface area is 170 Å². The van der Waals surface area contributed by atoms with Crippen LogP contribution in [-0.2, 0) is 4.79 Å². The highest BCUT2D eigenvalue weighted by molar-refractivity contribution is 9.10. The molecule has 6 heteroatoms. The highest BCUT2D eigenvalue weighted by Gasteiger charge is 2.09. The van der Waals surface area contributed by atoms with Crippen molar-refractivity contribution in [2.24, 2.45) is 0 Å². The Balaban J connectivity index is 1.63. The molecule has 0 fully saturated rings. The van der Waals surface area contributed by atoms with Gasteiger partial charge in [0.2, 0.25) is 0 Å². The molecule has 0 aliphatic carbocycles. The fourth-order valence-electron chi connectivity index (χ4n) is 2.35. The van der Waals surface area contributed by atoms with Gasteiger partial charge in [-0.1, -0.05) is 59.6 Å². The minimum Gasteiger partial charge on any atom is -0.483 e. The van der Waals surface area contributed by atoms with E-state index in [1.54, 1.807) is 18.2 Å². The van der Waals surface area contributed by atoms with Gasteiger partial charge in [0.1, 0.15) is 5.75 Å². The van der Waals surface area contributed by atoms with Gasteiger partial charge in [0.05, 0.1) is 15.2 Å². The summed E-state index contributed by atoms with van der Waals surface area (Å²) in [5, 5.41) is 3.58. The predicted octanol–water partition coefficient (Wildman–Crippen LogP) is 6.44. The van der Waals surface area contributed by atoms with Crippen LogP contribution in [0.4, 0.5) is 5.69 Å². The van der Waals surface area contributed by atoms with E-state index in [1.807, 2.05) is 48.5 Å². The van der Waals surface area contributed by atoms with Crippen LogP contribution in [0.2, 0.25) is 10.0 Å². The second-order valence-electron chi connectivity index (χ2n) is 5.47. The third kappa shape index (κ3) is 4.79. The van der Waals surface area contributed by atoms with E-state index in [9.17, 15) is 4.79 Å². The lowest BCUT2D eigenvalue weighted by Gasteiger charge is -2.11. The highest BCUT2D eigenvalue weighted by Crippen LogP contribution is 2.31. The van der Waals surface area contributed by atoms with Gasteiger partial charge >= 0.3 is 0 Å². The van der Waals surface area contributed by atoms with Crippen molar-refractivity contribution in [1.82, 2.24) is 0 Å². The Morgan fingerprint density at radius 2 is 1.73 bits per heavy atom. The molecule has 132 valence electrons. The van der Waals surface area contributed by atoms with Crippen LogP contribution in [0.1, 0.15) is 0 Å². The molecule has 0 atom stereocenters. The number of anilines is 1. The summed E-state index contributed by atoms with van der Waals surface area (Å²) in [5.41, 5.74) is 2.65. The maximum atomic E-state index is 12.1. The number of amides is 1. The summed E-state index contributed by atoms with van der Waals surface area (Å²) in [4.78, 5) is 12.1. The minimum atomic E-state index is -0.312. The molecule has 3 nitrogen and oxygen atoms in total. The van der Waals surface area contributed by atoms with Gasteiger partial charge in [0, 0.05) is 5.02 Å². The molecular formula is C20H14BrCl2NO2. The number of hydrogen-bond donors (Lipinski definition) is 1. The van der Waals surface area contributed by atoms with Crippen LogP contribution in [0.3, 0.4) is 0 Å². The van der Waals surface area contributed by atoms with Gasteiger partial charge in [-0.25, -0.2) is 0 Å². The fraction of sp³-hybridized carbons (Fsp3) is 0.0500. The summed E-state index contributed by atoms with van der Waals surface area (Å²) in [6, 6.07) is 20.6. The summed E-state index contributed by atoms with van der Waals surface area (Å²) in [7, 11) is 0. The number of carbonyl (C=O) groups excluding carboxylic acids is 1. The third-order valence-corrected chi connectivity index (χ3v) is 4.77. The molecule has 0 aliphatic heterocycles. The van der Waals surface area contributed by atoms with Crippen LogP contribution in [-0.4, -0.2) is 12.5 Å². The molecule has 3 aromatic carbocycles. The summed E-state index contributed by atoms with van der Waals surface area (Å²) in [5.74, 6) is 0.273. The van der Waals surface area contributed by atoms with Crippen LogP contribution < -0.4 is 10.1 Å². The summed E-state index contributed by atoms with van der Waals surface area (Å²) in [6.07, 6.45) is 0. The average Bonchev–Trinajstić information content (AvgIpc) is 2.64. The molecule has 3 rings (SSSR count). The summed E-state index contributed by atoms with van der Waals surface area (Å²) >= 11 is 15.4. The molecule has 0 saturated carbocycles. The standard InChI is InChI=1S/C20H14BrCl2NO2/c21-16-10-14(13-4-2-1-3-5-13)6-9-19(16)26-12-20(25)24-18-8-7-15(22)11-17(18)23/h1-11H,12H2,(H,24,25). The molecule has 0 saturated heterocycles. The van der Waals surface area contributed by atoms with Crippen LogP contribution in [0.25, 0.3) is 11.1 Å². The van der Waals surface area contributed by atoms with Gasteiger partial charge in [-0.15, -0.1) is 0 Å². The van der Waals surface area contributed by atoms with E-state index in [2.05, 4.69) is 21.2 Å². The van der Waals surface area contributed by atoms with Gasteiger partial charge in [0.25, 0.3) is 5.91 Å². The zero-order valence-corrected chi connectivity index (χ0v) is 16.6. The van der Waals surface area contributed by atoms with Gasteiger partial charge < -0.3 is 10.1 Å². The maximum absolute atomic E-state index is 12.1. The number of hydrogen-bond acceptors (Lipinski definition) is 2. The van der Waals surface area contributed by atoms with E-state index in [-0.39, 0.29) is 12.5 Å². The Kier molecular flexibility index (Phi) is 6.20. The first kappa shape index (κ1) is 18.8. The first-order valence-electron chi connectivity index (χ1n) is 7.75. The highest BCUT2D eigenvalue weighted by atomic mass is 79.9.